The highest BCUT2D eigenvalue weighted by Gasteiger charge is 2.49. The van der Waals surface area contributed by atoms with Crippen LogP contribution in [0.25, 0.3) is 0 Å². The Hall–Kier alpha value is -1.92. The highest BCUT2D eigenvalue weighted by molar-refractivity contribution is 5.14. The van der Waals surface area contributed by atoms with E-state index in [-0.39, 0.29) is 13.2 Å². The maximum absolute atomic E-state index is 10.4. The van der Waals surface area contributed by atoms with E-state index in [0.717, 1.165) is 11.1 Å². The molecule has 2 fully saturated rings. The van der Waals surface area contributed by atoms with E-state index in [2.05, 4.69) is 0 Å². The molecule has 0 aromatic heterocycles. The van der Waals surface area contributed by atoms with Crippen LogP contribution in [-0.4, -0.2) is 84.8 Å². The number of rotatable bonds is 10. The van der Waals surface area contributed by atoms with Crippen molar-refractivity contribution in [2.24, 2.45) is 0 Å². The smallest absolute Gasteiger partial charge is 0.187 e. The zero-order chi connectivity index (χ0) is 23.9. The fraction of sp³-hybridized carbons (Fsp3) is 0.520. The largest absolute Gasteiger partial charge is 0.394 e. The van der Waals surface area contributed by atoms with Gasteiger partial charge < -0.3 is 43.7 Å². The molecule has 2 aliphatic rings. The molecule has 2 heterocycles. The third-order valence-electron chi connectivity index (χ3n) is 6.00. The van der Waals surface area contributed by atoms with Crippen molar-refractivity contribution in [3.05, 3.63) is 71.8 Å². The first kappa shape index (κ1) is 25.2. The summed E-state index contributed by atoms with van der Waals surface area (Å²) in [5.41, 5.74) is 1.93. The molecule has 34 heavy (non-hydrogen) atoms. The van der Waals surface area contributed by atoms with Gasteiger partial charge in [0.2, 0.25) is 0 Å². The van der Waals surface area contributed by atoms with Crippen molar-refractivity contribution in [2.45, 2.75) is 62.4 Å². The lowest BCUT2D eigenvalue weighted by molar-refractivity contribution is -0.319. The Bertz CT molecular complexity index is 852. The Morgan fingerprint density at radius 2 is 1.44 bits per heavy atom. The third-order valence-corrected chi connectivity index (χ3v) is 6.00. The minimum absolute atomic E-state index is 0.163. The van der Waals surface area contributed by atoms with Gasteiger partial charge in [0.1, 0.15) is 36.6 Å². The molecule has 0 radical (unpaired) electrons. The van der Waals surface area contributed by atoms with Gasteiger partial charge in [0.25, 0.3) is 0 Å². The molecule has 4 rings (SSSR count). The highest BCUT2D eigenvalue weighted by Crippen LogP contribution is 2.31. The van der Waals surface area contributed by atoms with Crippen LogP contribution >= 0.6 is 0 Å². The van der Waals surface area contributed by atoms with Crippen LogP contribution in [0.2, 0.25) is 0 Å². The Balaban J connectivity index is 1.52. The molecule has 9 nitrogen and oxygen atoms in total. The summed E-state index contributed by atoms with van der Waals surface area (Å²) in [5, 5.41) is 30.1. The Morgan fingerprint density at radius 1 is 0.824 bits per heavy atom. The zero-order valence-corrected chi connectivity index (χ0v) is 19.0. The van der Waals surface area contributed by atoms with Crippen LogP contribution in [0.4, 0.5) is 0 Å². The van der Waals surface area contributed by atoms with Crippen LogP contribution in [-0.2, 0) is 41.6 Å². The van der Waals surface area contributed by atoms with Gasteiger partial charge in [-0.15, -0.1) is 0 Å². The van der Waals surface area contributed by atoms with E-state index in [4.69, 9.17) is 28.4 Å². The van der Waals surface area contributed by atoms with Gasteiger partial charge in [-0.2, -0.15) is 0 Å². The zero-order valence-electron chi connectivity index (χ0n) is 19.0. The van der Waals surface area contributed by atoms with Gasteiger partial charge in [-0.3, -0.25) is 0 Å². The second-order valence-electron chi connectivity index (χ2n) is 8.34. The second-order valence-corrected chi connectivity index (χ2v) is 8.34. The highest BCUT2D eigenvalue weighted by atomic mass is 16.7. The van der Waals surface area contributed by atoms with Crippen LogP contribution in [0.5, 0.6) is 0 Å². The molecule has 0 amide bonds. The number of hydrogen-bond donors (Lipinski definition) is 3. The number of aliphatic hydroxyl groups excluding tert-OH is 3. The molecular formula is C25H32O9. The molecule has 9 heteroatoms. The Labute approximate surface area is 198 Å². The van der Waals surface area contributed by atoms with Crippen LogP contribution in [0.3, 0.4) is 0 Å². The summed E-state index contributed by atoms with van der Waals surface area (Å²) >= 11 is 0. The molecule has 0 bridgehead atoms. The van der Waals surface area contributed by atoms with E-state index in [0.29, 0.717) is 6.61 Å². The molecule has 3 N–H and O–H groups in total. The Morgan fingerprint density at radius 3 is 2.00 bits per heavy atom. The molecular weight excluding hydrogens is 444 g/mol. The van der Waals surface area contributed by atoms with Gasteiger partial charge in [0, 0.05) is 7.11 Å². The van der Waals surface area contributed by atoms with E-state index in [1.807, 2.05) is 60.7 Å². The number of ether oxygens (including phenoxy) is 6. The molecule has 0 spiro atoms. The molecule has 0 unspecified atom stereocenters. The van der Waals surface area contributed by atoms with E-state index < -0.39 is 55.8 Å². The SMILES string of the molecule is CO[C@@H]1OC[C@@H](OCc2ccccc2)[C@H](O[C@@H]2O[C@@H](CO)[C@H](O)[C@H]2O)[C@H]1OCc1ccccc1. The summed E-state index contributed by atoms with van der Waals surface area (Å²) < 4.78 is 35.4. The molecule has 2 aromatic carbocycles. The summed E-state index contributed by atoms with van der Waals surface area (Å²) in [6.45, 7) is 0.300. The minimum atomic E-state index is -1.34. The first-order valence-corrected chi connectivity index (χ1v) is 11.3. The summed E-state index contributed by atoms with van der Waals surface area (Å²) in [4.78, 5) is 0. The number of hydrogen-bond acceptors (Lipinski definition) is 9. The first-order valence-electron chi connectivity index (χ1n) is 11.3. The predicted molar refractivity (Wildman–Crippen MR) is 119 cm³/mol. The van der Waals surface area contributed by atoms with Crippen LogP contribution < -0.4 is 0 Å². The lowest BCUT2D eigenvalue weighted by atomic mass is 10.0. The lowest BCUT2D eigenvalue weighted by Crippen LogP contribution is -2.58. The normalized spacial score (nSPS) is 33.8. The van der Waals surface area contributed by atoms with E-state index in [9.17, 15) is 15.3 Å². The third kappa shape index (κ3) is 6.01. The van der Waals surface area contributed by atoms with Gasteiger partial charge in [0.15, 0.2) is 12.6 Å². The van der Waals surface area contributed by atoms with Gasteiger partial charge in [-0.1, -0.05) is 60.7 Å². The molecule has 2 aliphatic heterocycles. The maximum atomic E-state index is 10.4. The fourth-order valence-electron chi connectivity index (χ4n) is 4.11. The van der Waals surface area contributed by atoms with E-state index >= 15 is 0 Å². The predicted octanol–water partition coefficient (Wildman–Crippen LogP) is 0.984. The Kier molecular flexibility index (Phi) is 9.01. The minimum Gasteiger partial charge on any atom is -0.394 e. The quantitative estimate of drug-likeness (QED) is 0.462. The lowest BCUT2D eigenvalue weighted by Gasteiger charge is -2.42. The second kappa shape index (κ2) is 12.2. The molecule has 0 aliphatic carbocycles. The number of methoxy groups -OCH3 is 1. The summed E-state index contributed by atoms with van der Waals surface area (Å²) in [6.07, 6.45) is -7.55. The van der Waals surface area contributed by atoms with Crippen molar-refractivity contribution in [2.75, 3.05) is 20.3 Å². The molecule has 0 saturated carbocycles. The van der Waals surface area contributed by atoms with Crippen molar-refractivity contribution in [1.29, 1.82) is 0 Å². The topological polar surface area (TPSA) is 116 Å². The van der Waals surface area contributed by atoms with Crippen LogP contribution in [0, 0.1) is 0 Å². The van der Waals surface area contributed by atoms with Crippen molar-refractivity contribution in [1.82, 2.24) is 0 Å². The van der Waals surface area contributed by atoms with Crippen molar-refractivity contribution >= 4 is 0 Å². The summed E-state index contributed by atoms with van der Waals surface area (Å²) in [7, 11) is 1.51. The maximum Gasteiger partial charge on any atom is 0.187 e. The average molecular weight is 477 g/mol. The van der Waals surface area contributed by atoms with Crippen LogP contribution in [0.15, 0.2) is 60.7 Å². The summed E-state index contributed by atoms with van der Waals surface area (Å²) in [6, 6.07) is 19.3. The summed E-state index contributed by atoms with van der Waals surface area (Å²) in [5.74, 6) is 0. The van der Waals surface area contributed by atoms with Crippen LogP contribution in [0.1, 0.15) is 11.1 Å². The van der Waals surface area contributed by atoms with Gasteiger partial charge in [-0.05, 0) is 11.1 Å². The fourth-order valence-corrected chi connectivity index (χ4v) is 4.11. The average Bonchev–Trinajstić information content (AvgIpc) is 3.16. The number of aliphatic hydroxyl groups is 3. The van der Waals surface area contributed by atoms with Gasteiger partial charge >= 0.3 is 0 Å². The van der Waals surface area contributed by atoms with E-state index in [1.54, 1.807) is 0 Å². The molecule has 186 valence electrons. The monoisotopic (exact) mass is 476 g/mol. The van der Waals surface area contributed by atoms with Crippen molar-refractivity contribution < 1.29 is 43.7 Å². The molecule has 2 saturated heterocycles. The van der Waals surface area contributed by atoms with Crippen molar-refractivity contribution in [3.63, 3.8) is 0 Å². The standard InChI is InChI=1S/C25H32O9/c1-29-25-23(31-14-17-10-6-3-7-11-17)22(34-24-21(28)20(27)18(12-26)33-24)19(15-32-25)30-13-16-8-4-2-5-9-16/h2-11,18-28H,12-15H2,1H3/t18-,19+,20-,21+,22-,23+,24-,25+/m0/s1. The molecule has 8 atom stereocenters. The van der Waals surface area contributed by atoms with Gasteiger partial charge in [-0.25, -0.2) is 0 Å². The van der Waals surface area contributed by atoms with Crippen molar-refractivity contribution in [3.8, 4) is 0 Å². The number of benzene rings is 2. The van der Waals surface area contributed by atoms with E-state index in [1.165, 1.54) is 7.11 Å². The van der Waals surface area contributed by atoms with Gasteiger partial charge in [0.05, 0.1) is 26.4 Å². The molecule has 2 aromatic rings. The first-order chi connectivity index (χ1) is 16.6.